The van der Waals surface area contributed by atoms with Gasteiger partial charge in [-0.15, -0.1) is 11.8 Å². The van der Waals surface area contributed by atoms with E-state index in [1.54, 1.807) is 6.92 Å². The van der Waals surface area contributed by atoms with E-state index in [4.69, 9.17) is 9.84 Å². The van der Waals surface area contributed by atoms with Crippen LogP contribution < -0.4 is 10.1 Å². The van der Waals surface area contributed by atoms with Crippen LogP contribution in [0.25, 0.3) is 0 Å². The van der Waals surface area contributed by atoms with Crippen molar-refractivity contribution in [1.29, 1.82) is 0 Å². The monoisotopic (exact) mass is 339 g/mol. The Bertz CT molecular complexity index is 522. The van der Waals surface area contributed by atoms with Gasteiger partial charge in [0.05, 0.1) is 5.75 Å². The lowest BCUT2D eigenvalue weighted by molar-refractivity contribution is -0.134. The van der Waals surface area contributed by atoms with Gasteiger partial charge in [0.15, 0.2) is 6.10 Å². The van der Waals surface area contributed by atoms with Gasteiger partial charge in [0.1, 0.15) is 5.75 Å². The maximum atomic E-state index is 11.9. The number of ether oxygens (including phenoxy) is 1. The van der Waals surface area contributed by atoms with Gasteiger partial charge in [-0.05, 0) is 30.0 Å². The molecule has 0 radical (unpaired) electrons. The molecule has 0 aliphatic rings. The fraction of sp³-hybridized carbons (Fsp3) is 0.529. The Morgan fingerprint density at radius 1 is 1.26 bits per heavy atom. The fourth-order valence-electron chi connectivity index (χ4n) is 1.84. The van der Waals surface area contributed by atoms with Crippen LogP contribution in [0.15, 0.2) is 24.3 Å². The lowest BCUT2D eigenvalue weighted by atomic mass is 9.87. The average molecular weight is 339 g/mol. The van der Waals surface area contributed by atoms with Gasteiger partial charge >= 0.3 is 5.97 Å². The number of amides is 1. The summed E-state index contributed by atoms with van der Waals surface area (Å²) in [6.45, 7) is 8.54. The Kier molecular flexibility index (Phi) is 7.42. The third kappa shape index (κ3) is 7.41. The highest BCUT2D eigenvalue weighted by molar-refractivity contribution is 7.99. The van der Waals surface area contributed by atoms with E-state index in [0.29, 0.717) is 18.0 Å². The fourth-order valence-corrected chi connectivity index (χ4v) is 2.41. The van der Waals surface area contributed by atoms with E-state index in [0.717, 1.165) is 0 Å². The molecular formula is C17H25NO4S. The van der Waals surface area contributed by atoms with E-state index in [1.807, 2.05) is 24.3 Å². The number of nitrogens with one attached hydrogen (secondary N) is 1. The van der Waals surface area contributed by atoms with Crippen LogP contribution >= 0.6 is 11.8 Å². The number of hydrogen-bond donors (Lipinski definition) is 2. The summed E-state index contributed by atoms with van der Waals surface area (Å²) in [6, 6.07) is 7.74. The molecule has 128 valence electrons. The summed E-state index contributed by atoms with van der Waals surface area (Å²) in [6.07, 6.45) is -0.597. The van der Waals surface area contributed by atoms with Crippen LogP contribution in [0.1, 0.15) is 33.3 Å². The van der Waals surface area contributed by atoms with E-state index in [-0.39, 0.29) is 17.1 Å². The van der Waals surface area contributed by atoms with Crippen molar-refractivity contribution in [2.75, 3.05) is 18.1 Å². The minimum Gasteiger partial charge on any atom is -0.481 e. The van der Waals surface area contributed by atoms with Crippen LogP contribution in [-0.4, -0.2) is 41.1 Å². The maximum absolute atomic E-state index is 11.9. The molecule has 0 saturated heterocycles. The number of aliphatic carboxylic acids is 1. The average Bonchev–Trinajstić information content (AvgIpc) is 2.46. The van der Waals surface area contributed by atoms with Crippen molar-refractivity contribution < 1.29 is 19.4 Å². The molecule has 0 aliphatic heterocycles. The van der Waals surface area contributed by atoms with Gasteiger partial charge < -0.3 is 15.2 Å². The molecule has 1 aromatic carbocycles. The molecule has 1 amide bonds. The van der Waals surface area contributed by atoms with E-state index in [2.05, 4.69) is 26.1 Å². The summed E-state index contributed by atoms with van der Waals surface area (Å²) in [4.78, 5) is 22.3. The van der Waals surface area contributed by atoms with Crippen LogP contribution in [0.4, 0.5) is 0 Å². The Morgan fingerprint density at radius 3 is 2.39 bits per heavy atom. The first kappa shape index (κ1) is 19.4. The molecular weight excluding hydrogens is 314 g/mol. The van der Waals surface area contributed by atoms with Crippen LogP contribution in [-0.2, 0) is 15.0 Å². The van der Waals surface area contributed by atoms with Gasteiger partial charge in [0, 0.05) is 12.3 Å². The number of carbonyl (C=O) groups is 2. The van der Waals surface area contributed by atoms with Gasteiger partial charge in [0.2, 0.25) is 0 Å². The smallest absolute Gasteiger partial charge is 0.313 e. The van der Waals surface area contributed by atoms with Gasteiger partial charge in [-0.2, -0.15) is 0 Å². The van der Waals surface area contributed by atoms with Gasteiger partial charge in [-0.25, -0.2) is 0 Å². The third-order valence-electron chi connectivity index (χ3n) is 3.17. The topological polar surface area (TPSA) is 75.6 Å². The van der Waals surface area contributed by atoms with E-state index in [1.165, 1.54) is 17.3 Å². The van der Waals surface area contributed by atoms with Crippen molar-refractivity contribution in [3.8, 4) is 5.75 Å². The first-order chi connectivity index (χ1) is 10.7. The minimum atomic E-state index is -0.850. The summed E-state index contributed by atoms with van der Waals surface area (Å²) in [7, 11) is 0. The van der Waals surface area contributed by atoms with Crippen molar-refractivity contribution in [3.05, 3.63) is 29.8 Å². The molecule has 1 unspecified atom stereocenters. The molecule has 23 heavy (non-hydrogen) atoms. The number of benzene rings is 1. The van der Waals surface area contributed by atoms with E-state index >= 15 is 0 Å². The van der Waals surface area contributed by atoms with Crippen molar-refractivity contribution in [1.82, 2.24) is 5.32 Å². The molecule has 0 saturated carbocycles. The second-order valence-electron chi connectivity index (χ2n) is 6.27. The molecule has 0 aliphatic carbocycles. The lowest BCUT2D eigenvalue weighted by Gasteiger charge is -2.20. The molecule has 5 nitrogen and oxygen atoms in total. The van der Waals surface area contributed by atoms with Gasteiger partial charge in [-0.3, -0.25) is 9.59 Å². The number of rotatable bonds is 8. The van der Waals surface area contributed by atoms with Crippen molar-refractivity contribution in [2.24, 2.45) is 0 Å². The summed E-state index contributed by atoms with van der Waals surface area (Å²) < 4.78 is 5.63. The standard InChI is InChI=1S/C17H25NO4S/c1-12(16(21)18-9-10-23-11-15(19)20)22-14-7-5-13(6-8-14)17(2,3)4/h5-8,12H,9-11H2,1-4H3,(H,18,21)(H,19,20). The predicted molar refractivity (Wildman–Crippen MR) is 93.2 cm³/mol. The zero-order valence-electron chi connectivity index (χ0n) is 14.1. The Balaban J connectivity index is 2.38. The van der Waals surface area contributed by atoms with Crippen molar-refractivity contribution in [2.45, 2.75) is 39.2 Å². The Morgan fingerprint density at radius 2 is 1.87 bits per heavy atom. The highest BCUT2D eigenvalue weighted by Crippen LogP contribution is 2.24. The zero-order chi connectivity index (χ0) is 17.5. The predicted octanol–water partition coefficient (Wildman–Crippen LogP) is 2.69. The molecule has 0 spiro atoms. The van der Waals surface area contributed by atoms with Crippen molar-refractivity contribution in [3.63, 3.8) is 0 Å². The molecule has 1 atom stereocenters. The Labute approximate surface area is 141 Å². The summed E-state index contributed by atoms with van der Waals surface area (Å²) in [5, 5.41) is 11.3. The van der Waals surface area contributed by atoms with Crippen LogP contribution in [0.3, 0.4) is 0 Å². The van der Waals surface area contributed by atoms with Gasteiger partial charge in [0.25, 0.3) is 5.91 Å². The first-order valence-electron chi connectivity index (χ1n) is 7.54. The maximum Gasteiger partial charge on any atom is 0.313 e. The molecule has 1 rings (SSSR count). The normalized spacial score (nSPS) is 12.5. The molecule has 0 bridgehead atoms. The minimum absolute atomic E-state index is 0.0437. The third-order valence-corrected chi connectivity index (χ3v) is 4.12. The van der Waals surface area contributed by atoms with E-state index in [9.17, 15) is 9.59 Å². The van der Waals surface area contributed by atoms with Crippen LogP contribution in [0.5, 0.6) is 5.75 Å². The molecule has 0 aromatic heterocycles. The second-order valence-corrected chi connectivity index (χ2v) is 7.38. The van der Waals surface area contributed by atoms with Crippen LogP contribution in [0, 0.1) is 0 Å². The number of thioether (sulfide) groups is 1. The van der Waals surface area contributed by atoms with E-state index < -0.39 is 12.1 Å². The highest BCUT2D eigenvalue weighted by Gasteiger charge is 2.16. The highest BCUT2D eigenvalue weighted by atomic mass is 32.2. The second kappa shape index (κ2) is 8.82. The molecule has 0 fully saturated rings. The summed E-state index contributed by atoms with van der Waals surface area (Å²) >= 11 is 1.27. The number of carboxylic acid groups (broad SMARTS) is 1. The summed E-state index contributed by atoms with van der Waals surface area (Å²) in [5.41, 5.74) is 1.28. The quantitative estimate of drug-likeness (QED) is 0.712. The molecule has 0 heterocycles. The largest absolute Gasteiger partial charge is 0.481 e. The number of carboxylic acids is 1. The number of hydrogen-bond acceptors (Lipinski definition) is 4. The van der Waals surface area contributed by atoms with Crippen LogP contribution in [0.2, 0.25) is 0 Å². The summed E-state index contributed by atoms with van der Waals surface area (Å²) in [5.74, 6) is 0.200. The SMILES string of the molecule is CC(Oc1ccc(C(C)(C)C)cc1)C(=O)NCCSCC(=O)O. The zero-order valence-corrected chi connectivity index (χ0v) is 14.9. The van der Waals surface area contributed by atoms with Crippen molar-refractivity contribution >= 4 is 23.6 Å². The van der Waals surface area contributed by atoms with Gasteiger partial charge in [-0.1, -0.05) is 32.9 Å². The lowest BCUT2D eigenvalue weighted by Crippen LogP contribution is -2.37. The molecule has 1 aromatic rings. The number of carbonyl (C=O) groups excluding carboxylic acids is 1. The molecule has 6 heteroatoms. The first-order valence-corrected chi connectivity index (χ1v) is 8.70. The molecule has 2 N–H and O–H groups in total. The Hall–Kier alpha value is -1.69.